The molecule has 0 aromatic rings. The number of esters is 1. The lowest BCUT2D eigenvalue weighted by Gasteiger charge is -2.24. The van der Waals surface area contributed by atoms with Gasteiger partial charge in [-0.15, -0.1) is 0 Å². The molecule has 0 aromatic heterocycles. The van der Waals surface area contributed by atoms with Crippen molar-refractivity contribution in [1.82, 2.24) is 0 Å². The number of allylic oxidation sites excluding steroid dienone is 8. The number of aliphatic hydroxyl groups excluding tert-OH is 1. The van der Waals surface area contributed by atoms with Gasteiger partial charge >= 0.3 is 13.8 Å². The van der Waals surface area contributed by atoms with E-state index < -0.39 is 65.5 Å². The summed E-state index contributed by atoms with van der Waals surface area (Å²) in [7, 11) is 1.32. The quantitative estimate of drug-likeness (QED) is 0.0534. The van der Waals surface area contributed by atoms with Gasteiger partial charge in [0.05, 0.1) is 34.4 Å². The molecule has 0 aliphatic carbocycles. The molecule has 0 fully saturated rings. The van der Waals surface area contributed by atoms with Crippen molar-refractivity contribution in [3.63, 3.8) is 0 Å². The van der Waals surface area contributed by atoms with Crippen LogP contribution in [-0.2, 0) is 23.1 Å². The van der Waals surface area contributed by atoms with Crippen molar-refractivity contribution in [1.29, 1.82) is 0 Å². The molecule has 0 saturated heterocycles. The molecule has 2 N–H and O–H groups in total. The third-order valence-electron chi connectivity index (χ3n) is 4.41. The number of phosphoric acid groups is 1. The van der Waals surface area contributed by atoms with Gasteiger partial charge in [0.25, 0.3) is 0 Å². The van der Waals surface area contributed by atoms with E-state index in [2.05, 4.69) is 0 Å². The van der Waals surface area contributed by atoms with Crippen LogP contribution in [0.5, 0.6) is 0 Å². The van der Waals surface area contributed by atoms with Crippen LogP contribution in [0.1, 0.15) is 85.9 Å². The number of unbranched alkanes of at least 4 members (excludes halogenated alkanes) is 1. The molecular formula is C28H51NO7P+. The highest BCUT2D eigenvalue weighted by Crippen LogP contribution is 2.43. The zero-order valence-corrected chi connectivity index (χ0v) is 23.0. The largest absolute Gasteiger partial charge is 0.472 e. The lowest BCUT2D eigenvalue weighted by Crippen LogP contribution is -2.37. The summed E-state index contributed by atoms with van der Waals surface area (Å²) in [5, 5.41) is 9.40. The summed E-state index contributed by atoms with van der Waals surface area (Å²) in [6, 6.07) is 0. The minimum atomic E-state index is -4.35. The van der Waals surface area contributed by atoms with Crippen molar-refractivity contribution in [3.05, 3.63) is 48.6 Å². The zero-order chi connectivity index (χ0) is 37.5. The molecule has 0 aliphatic heterocycles. The van der Waals surface area contributed by atoms with E-state index in [1.807, 2.05) is 45.4 Å². The number of quaternary nitrogens is 1. The number of nitrogens with zero attached hydrogens (tertiary/aromatic N) is 1. The summed E-state index contributed by atoms with van der Waals surface area (Å²) < 4.78 is 112. The molecule has 0 spiro atoms. The third kappa shape index (κ3) is 25.9. The highest BCUT2D eigenvalue weighted by Gasteiger charge is 2.25. The number of rotatable bonds is 23. The second-order valence-electron chi connectivity index (χ2n) is 8.84. The van der Waals surface area contributed by atoms with E-state index in [0.29, 0.717) is 36.7 Å². The molecule has 1 unspecified atom stereocenters. The van der Waals surface area contributed by atoms with Crippen LogP contribution in [0.25, 0.3) is 0 Å². The predicted octanol–water partition coefficient (Wildman–Crippen LogP) is 5.88. The van der Waals surface area contributed by atoms with E-state index in [1.165, 1.54) is 6.08 Å². The molecule has 0 radical (unpaired) electrons. The van der Waals surface area contributed by atoms with Crippen molar-refractivity contribution < 1.29 is 52.7 Å². The summed E-state index contributed by atoms with van der Waals surface area (Å²) in [5.41, 5.74) is 0. The minimum Gasteiger partial charge on any atom is -0.457 e. The second-order valence-corrected chi connectivity index (χ2v) is 10.3. The summed E-state index contributed by atoms with van der Waals surface area (Å²) >= 11 is 0. The van der Waals surface area contributed by atoms with Crippen LogP contribution < -0.4 is 0 Å². The van der Waals surface area contributed by atoms with Crippen LogP contribution >= 0.6 is 7.82 Å². The Kier molecular flexibility index (Phi) is 12.4. The average molecular weight is 556 g/mol. The van der Waals surface area contributed by atoms with Crippen LogP contribution in [0.15, 0.2) is 48.6 Å². The first-order valence-corrected chi connectivity index (χ1v) is 13.6. The number of hydrogen-bond donors (Lipinski definition) is 2. The SMILES string of the molecule is [2H]C([2H])([2H])C([2H])([2H])C([2H])([2H])C([2H])([2H])C([2H])([2H])/C=C\C/C=C\C/C=C\C/C=C\CCCC(=O)O[C@H](CO)COP(=O)(O)OCC[N+](C)(C)C. The van der Waals surface area contributed by atoms with Gasteiger partial charge < -0.3 is 19.2 Å². The Balaban J connectivity index is 4.44. The minimum absolute atomic E-state index is 0.0140. The number of carbonyl (C=O) groups excluding carboxylic acids is 1. The van der Waals surface area contributed by atoms with Crippen LogP contribution in [-0.4, -0.2) is 74.1 Å². The number of carbonyl (C=O) groups is 1. The maximum Gasteiger partial charge on any atom is 0.472 e. The fourth-order valence-electron chi connectivity index (χ4n) is 2.45. The Morgan fingerprint density at radius 3 is 2.22 bits per heavy atom. The van der Waals surface area contributed by atoms with Gasteiger partial charge in [-0.3, -0.25) is 13.8 Å². The molecule has 2 atom stereocenters. The van der Waals surface area contributed by atoms with E-state index in [-0.39, 0.29) is 19.4 Å². The van der Waals surface area contributed by atoms with Gasteiger partial charge in [-0.25, -0.2) is 4.57 Å². The van der Waals surface area contributed by atoms with Crippen molar-refractivity contribution in [2.45, 2.75) is 77.0 Å². The predicted molar refractivity (Wildman–Crippen MR) is 150 cm³/mol. The van der Waals surface area contributed by atoms with Gasteiger partial charge in [-0.2, -0.15) is 0 Å². The van der Waals surface area contributed by atoms with Gasteiger partial charge in [0.1, 0.15) is 19.3 Å². The molecule has 8 nitrogen and oxygen atoms in total. The standard InChI is InChI=1S/C28H50NO7P/c1-5-6-7-8-9-10-11-12-13-14-15-16-17-18-19-20-21-22-28(31)36-27(25-30)26-35-37(32,33)34-24-23-29(2,3)4/h9-10,12-13,15-16,18-19,27,30H,5-8,11,14,17,20-26H2,1-4H3/p+1/b10-9-,13-12-,16-15-,19-18-/t27-/m1/s1/i1D3,5D2,6D2,7D2,8D2. The van der Waals surface area contributed by atoms with Crippen molar-refractivity contribution in [2.24, 2.45) is 0 Å². The second kappa shape index (κ2) is 22.4. The number of hydrogen-bond acceptors (Lipinski definition) is 6. The van der Waals surface area contributed by atoms with Crippen LogP contribution in [0.4, 0.5) is 0 Å². The highest BCUT2D eigenvalue weighted by atomic mass is 31.2. The molecule has 0 bridgehead atoms. The molecule has 0 saturated carbocycles. The van der Waals surface area contributed by atoms with E-state index in [1.54, 1.807) is 12.2 Å². The van der Waals surface area contributed by atoms with Crippen LogP contribution in [0.2, 0.25) is 0 Å². The normalized spacial score (nSPS) is 21.6. The Morgan fingerprint density at radius 1 is 1.00 bits per heavy atom. The maximum atomic E-state index is 12.0. The number of aliphatic hydroxyl groups is 1. The summed E-state index contributed by atoms with van der Waals surface area (Å²) in [4.78, 5) is 21.8. The molecule has 9 heteroatoms. The van der Waals surface area contributed by atoms with E-state index in [4.69, 9.17) is 28.9 Å². The Hall–Kier alpha value is -1.54. The molecule has 0 aliphatic rings. The third-order valence-corrected chi connectivity index (χ3v) is 5.39. The average Bonchev–Trinajstić information content (AvgIpc) is 2.93. The monoisotopic (exact) mass is 555 g/mol. The van der Waals surface area contributed by atoms with Gasteiger partial charge in [0.2, 0.25) is 0 Å². The smallest absolute Gasteiger partial charge is 0.457 e. The lowest BCUT2D eigenvalue weighted by molar-refractivity contribution is -0.870. The molecule has 0 heterocycles. The first-order valence-electron chi connectivity index (χ1n) is 17.6. The number of phosphoric ester groups is 1. The molecule has 0 amide bonds. The van der Waals surface area contributed by atoms with Crippen LogP contribution in [0, 0.1) is 0 Å². The van der Waals surface area contributed by atoms with Gasteiger partial charge in [0, 0.05) is 21.5 Å². The van der Waals surface area contributed by atoms with E-state index in [9.17, 15) is 19.4 Å². The molecule has 214 valence electrons. The molecule has 37 heavy (non-hydrogen) atoms. The Morgan fingerprint density at radius 2 is 1.62 bits per heavy atom. The maximum absolute atomic E-state index is 12.0. The summed E-state index contributed by atoms with van der Waals surface area (Å²) in [5.74, 6) is -0.585. The lowest BCUT2D eigenvalue weighted by atomic mass is 10.2. The zero-order valence-electron chi connectivity index (χ0n) is 33.1. The summed E-state index contributed by atoms with van der Waals surface area (Å²) in [6.45, 7) is -4.13. The topological polar surface area (TPSA) is 102 Å². The first-order chi connectivity index (χ1) is 21.7. The molecular weight excluding hydrogens is 493 g/mol. The van der Waals surface area contributed by atoms with Crippen LogP contribution in [0.3, 0.4) is 0 Å². The fourth-order valence-corrected chi connectivity index (χ4v) is 3.19. The summed E-state index contributed by atoms with van der Waals surface area (Å²) in [6.07, 6.45) is 0.640. The molecule has 0 rings (SSSR count). The number of ether oxygens (including phenoxy) is 1. The Bertz CT molecular complexity index is 1150. The van der Waals surface area contributed by atoms with E-state index >= 15 is 0 Å². The number of likely N-dealkylation sites (N-methyl/N-ethyl adjacent to an activating group) is 1. The van der Waals surface area contributed by atoms with Gasteiger partial charge in [0.15, 0.2) is 0 Å². The van der Waals surface area contributed by atoms with Crippen molar-refractivity contribution in [2.75, 3.05) is 47.5 Å². The fraction of sp³-hybridized carbons (Fsp3) is 0.679. The van der Waals surface area contributed by atoms with Gasteiger partial charge in [-0.05, 0) is 44.8 Å². The highest BCUT2D eigenvalue weighted by molar-refractivity contribution is 7.47. The van der Waals surface area contributed by atoms with Crippen molar-refractivity contribution in [3.8, 4) is 0 Å². The Labute approximate surface area is 240 Å². The van der Waals surface area contributed by atoms with E-state index in [0.717, 1.165) is 6.08 Å². The van der Waals surface area contributed by atoms with Crippen molar-refractivity contribution >= 4 is 13.8 Å². The first kappa shape index (κ1) is 20.4. The van der Waals surface area contributed by atoms with Gasteiger partial charge in [-0.1, -0.05) is 68.2 Å². The molecule has 0 aromatic carbocycles.